The number of amides is 1. The zero-order valence-electron chi connectivity index (χ0n) is 21.1. The summed E-state index contributed by atoms with van der Waals surface area (Å²) in [5.74, 6) is 1.19. The van der Waals surface area contributed by atoms with E-state index in [4.69, 9.17) is 13.7 Å². The molecule has 0 atom stereocenters. The van der Waals surface area contributed by atoms with Crippen molar-refractivity contribution in [1.29, 1.82) is 0 Å². The zero-order chi connectivity index (χ0) is 27.0. The number of aromatic nitrogens is 1. The maximum atomic E-state index is 12.7. The molecule has 0 aliphatic heterocycles. The first kappa shape index (κ1) is 26.8. The van der Waals surface area contributed by atoms with Crippen LogP contribution in [0, 0.1) is 6.92 Å². The number of hydrogen-bond donors (Lipinski definition) is 0. The molecule has 8 nitrogen and oxygen atoms in total. The Kier molecular flexibility index (Phi) is 8.73. The van der Waals surface area contributed by atoms with E-state index in [1.54, 1.807) is 59.6 Å². The molecular weight excluding hydrogens is 504 g/mol. The number of aryl methyl sites for hydroxylation is 1. The second-order valence-electron chi connectivity index (χ2n) is 8.39. The lowest BCUT2D eigenvalue weighted by Crippen LogP contribution is -2.28. The number of nitrogens with zero attached hydrogens (tertiary/aromatic N) is 2. The fourth-order valence-corrected chi connectivity index (χ4v) is 4.54. The molecule has 38 heavy (non-hydrogen) atoms. The van der Waals surface area contributed by atoms with Crippen LogP contribution in [0.2, 0.25) is 0 Å². The van der Waals surface area contributed by atoms with Crippen LogP contribution in [0.4, 0.5) is 5.69 Å². The molecule has 1 aromatic heterocycles. The molecule has 0 N–H and O–H groups in total. The summed E-state index contributed by atoms with van der Waals surface area (Å²) < 4.78 is 41.8. The molecule has 9 heteroatoms. The van der Waals surface area contributed by atoms with Crippen molar-refractivity contribution in [1.82, 2.24) is 4.98 Å². The Labute approximate surface area is 222 Å². The summed E-state index contributed by atoms with van der Waals surface area (Å²) in [6.45, 7) is 3.36. The van der Waals surface area contributed by atoms with Gasteiger partial charge in [0.25, 0.3) is 10.1 Å². The van der Waals surface area contributed by atoms with E-state index in [-0.39, 0.29) is 30.6 Å². The molecule has 0 spiro atoms. The Bertz CT molecular complexity index is 1470. The van der Waals surface area contributed by atoms with Gasteiger partial charge in [0, 0.05) is 18.7 Å². The van der Waals surface area contributed by atoms with Crippen LogP contribution in [-0.2, 0) is 25.6 Å². The maximum Gasteiger partial charge on any atom is 0.297 e. The molecule has 0 saturated carbocycles. The predicted molar refractivity (Wildman–Crippen MR) is 144 cm³/mol. The topological polar surface area (TPSA) is 95.0 Å². The van der Waals surface area contributed by atoms with Gasteiger partial charge in [-0.25, -0.2) is 4.98 Å². The highest BCUT2D eigenvalue weighted by Gasteiger charge is 2.20. The van der Waals surface area contributed by atoms with Gasteiger partial charge in [0.2, 0.25) is 11.8 Å². The van der Waals surface area contributed by atoms with Crippen LogP contribution in [0.3, 0.4) is 0 Å². The summed E-state index contributed by atoms with van der Waals surface area (Å²) in [5.41, 5.74) is 2.18. The standard InChI is InChI=1S/C29H28N2O6S/c1-22-14-16-26(17-15-22)38(33,34)36-20-19-35-28-13-7-6-9-24(28)21-31(23(2)32)27-12-8-18-30-29(27)37-25-10-4-3-5-11-25/h3-18H,19-21H2,1-2H3. The quantitative estimate of drug-likeness (QED) is 0.185. The molecule has 0 aliphatic rings. The van der Waals surface area contributed by atoms with Crippen molar-refractivity contribution < 1.29 is 26.9 Å². The van der Waals surface area contributed by atoms with Gasteiger partial charge in [-0.1, -0.05) is 54.1 Å². The first-order valence-corrected chi connectivity index (χ1v) is 13.4. The minimum atomic E-state index is -3.89. The summed E-state index contributed by atoms with van der Waals surface area (Å²) >= 11 is 0. The van der Waals surface area contributed by atoms with Crippen LogP contribution >= 0.6 is 0 Å². The zero-order valence-corrected chi connectivity index (χ0v) is 21.9. The van der Waals surface area contributed by atoms with Crippen molar-refractivity contribution in [3.63, 3.8) is 0 Å². The molecule has 196 valence electrons. The average Bonchev–Trinajstić information content (AvgIpc) is 2.91. The Morgan fingerprint density at radius 2 is 1.58 bits per heavy atom. The molecule has 0 bridgehead atoms. The highest BCUT2D eigenvalue weighted by molar-refractivity contribution is 7.86. The van der Waals surface area contributed by atoms with E-state index in [9.17, 15) is 13.2 Å². The number of ether oxygens (including phenoxy) is 2. The monoisotopic (exact) mass is 532 g/mol. The van der Waals surface area contributed by atoms with Crippen molar-refractivity contribution in [3.05, 3.63) is 108 Å². The Hall–Kier alpha value is -4.21. The molecule has 4 rings (SSSR count). The number of benzene rings is 3. The number of pyridine rings is 1. The summed E-state index contributed by atoms with van der Waals surface area (Å²) in [6, 6.07) is 26.4. The fourth-order valence-electron chi connectivity index (χ4n) is 3.65. The third kappa shape index (κ3) is 6.96. The number of carbonyl (C=O) groups excluding carboxylic acids is 1. The molecule has 0 unspecified atom stereocenters. The van der Waals surface area contributed by atoms with Crippen molar-refractivity contribution in [2.75, 3.05) is 18.1 Å². The van der Waals surface area contributed by atoms with E-state index in [2.05, 4.69) is 4.98 Å². The van der Waals surface area contributed by atoms with Gasteiger partial charge in [-0.2, -0.15) is 8.42 Å². The molecule has 3 aromatic carbocycles. The molecule has 0 aliphatic carbocycles. The van der Waals surface area contributed by atoms with E-state index >= 15 is 0 Å². The van der Waals surface area contributed by atoms with E-state index in [0.29, 0.717) is 23.1 Å². The van der Waals surface area contributed by atoms with Crippen LogP contribution in [0.1, 0.15) is 18.1 Å². The highest BCUT2D eigenvalue weighted by Crippen LogP contribution is 2.32. The maximum absolute atomic E-state index is 12.7. The number of anilines is 1. The largest absolute Gasteiger partial charge is 0.491 e. The van der Waals surface area contributed by atoms with Crippen LogP contribution in [0.5, 0.6) is 17.4 Å². The third-order valence-electron chi connectivity index (χ3n) is 5.57. The van der Waals surface area contributed by atoms with Crippen LogP contribution < -0.4 is 14.4 Å². The lowest BCUT2D eigenvalue weighted by Gasteiger charge is -2.24. The molecule has 4 aromatic rings. The predicted octanol–water partition coefficient (Wildman–Crippen LogP) is 5.52. The fraction of sp³-hybridized carbons (Fsp3) is 0.172. The van der Waals surface area contributed by atoms with Gasteiger partial charge in [0.15, 0.2) is 0 Å². The van der Waals surface area contributed by atoms with Gasteiger partial charge in [0.05, 0.1) is 11.4 Å². The second kappa shape index (κ2) is 12.4. The molecular formula is C29H28N2O6S. The van der Waals surface area contributed by atoms with Gasteiger partial charge in [0.1, 0.15) is 30.4 Å². The van der Waals surface area contributed by atoms with Gasteiger partial charge in [-0.3, -0.25) is 8.98 Å². The van der Waals surface area contributed by atoms with E-state index in [0.717, 1.165) is 11.1 Å². The van der Waals surface area contributed by atoms with E-state index < -0.39 is 10.1 Å². The number of rotatable bonds is 11. The Morgan fingerprint density at radius 1 is 0.868 bits per heavy atom. The molecule has 0 radical (unpaired) electrons. The normalized spacial score (nSPS) is 11.1. The van der Waals surface area contributed by atoms with Crippen molar-refractivity contribution in [2.45, 2.75) is 25.3 Å². The Balaban J connectivity index is 1.45. The van der Waals surface area contributed by atoms with Gasteiger partial charge in [-0.05, 0) is 49.4 Å². The number of carbonyl (C=O) groups is 1. The lowest BCUT2D eigenvalue weighted by atomic mass is 10.1. The minimum absolute atomic E-state index is 0.00254. The van der Waals surface area contributed by atoms with Crippen LogP contribution in [0.15, 0.2) is 102 Å². The lowest BCUT2D eigenvalue weighted by molar-refractivity contribution is -0.116. The van der Waals surface area contributed by atoms with Gasteiger partial charge in [-0.15, -0.1) is 0 Å². The van der Waals surface area contributed by atoms with Crippen molar-refractivity contribution in [3.8, 4) is 17.4 Å². The van der Waals surface area contributed by atoms with Crippen molar-refractivity contribution >= 4 is 21.7 Å². The molecule has 0 fully saturated rings. The van der Waals surface area contributed by atoms with E-state index in [1.807, 2.05) is 37.3 Å². The first-order valence-electron chi connectivity index (χ1n) is 12.0. The SMILES string of the molecule is CC(=O)N(Cc1ccccc1OCCOS(=O)(=O)c1ccc(C)cc1)c1cccnc1Oc1ccccc1. The summed E-state index contributed by atoms with van der Waals surface area (Å²) in [5, 5.41) is 0. The minimum Gasteiger partial charge on any atom is -0.491 e. The van der Waals surface area contributed by atoms with E-state index in [1.165, 1.54) is 19.1 Å². The molecule has 0 saturated heterocycles. The summed E-state index contributed by atoms with van der Waals surface area (Å²) in [4.78, 5) is 18.7. The second-order valence-corrected chi connectivity index (χ2v) is 10.0. The first-order chi connectivity index (χ1) is 18.3. The molecule has 1 amide bonds. The van der Waals surface area contributed by atoms with Crippen LogP contribution in [-0.4, -0.2) is 32.5 Å². The van der Waals surface area contributed by atoms with Gasteiger partial charge >= 0.3 is 0 Å². The Morgan fingerprint density at radius 3 is 2.32 bits per heavy atom. The average molecular weight is 533 g/mol. The van der Waals surface area contributed by atoms with Crippen LogP contribution in [0.25, 0.3) is 0 Å². The number of hydrogen-bond acceptors (Lipinski definition) is 7. The third-order valence-corrected chi connectivity index (χ3v) is 6.90. The molecule has 1 heterocycles. The van der Waals surface area contributed by atoms with Gasteiger partial charge < -0.3 is 14.4 Å². The summed E-state index contributed by atoms with van der Waals surface area (Å²) in [7, 11) is -3.89. The van der Waals surface area contributed by atoms with Crippen molar-refractivity contribution in [2.24, 2.45) is 0 Å². The number of para-hydroxylation sites is 2. The highest BCUT2D eigenvalue weighted by atomic mass is 32.2. The summed E-state index contributed by atoms with van der Waals surface area (Å²) in [6.07, 6.45) is 1.60. The smallest absolute Gasteiger partial charge is 0.297 e.